The molecule has 0 radical (unpaired) electrons. The summed E-state index contributed by atoms with van der Waals surface area (Å²) in [6.45, 7) is 6.02. The second-order valence-corrected chi connectivity index (χ2v) is 7.19. The number of rotatable bonds is 6. The van der Waals surface area contributed by atoms with Crippen LogP contribution in [-0.4, -0.2) is 31.3 Å². The van der Waals surface area contributed by atoms with Crippen LogP contribution in [0.25, 0.3) is 0 Å². The molecule has 0 aliphatic carbocycles. The summed E-state index contributed by atoms with van der Waals surface area (Å²) in [5, 5.41) is 5.75. The summed E-state index contributed by atoms with van der Waals surface area (Å²) in [7, 11) is 1.62. The fraction of sp³-hybridized carbons (Fsp3) is 0.333. The number of hydrogen-bond donors (Lipinski definition) is 3. The highest BCUT2D eigenvalue weighted by Gasteiger charge is 2.16. The third kappa shape index (κ3) is 9.51. The van der Waals surface area contributed by atoms with Crippen LogP contribution in [0.2, 0.25) is 0 Å². The van der Waals surface area contributed by atoms with Crippen LogP contribution < -0.4 is 21.1 Å². The minimum absolute atomic E-state index is 0. The standard InChI is InChI=1S/C21H28N4O3.HI/c1-21(2,3)28-20(26)25-17-7-5-15(6-8-17)13-14-23-19(22)24-16-9-11-18(27-4)12-10-16;/h5-12H,13-14H2,1-4H3,(H,25,26)(H3,22,23,24);1H. The van der Waals surface area contributed by atoms with Gasteiger partial charge in [0.1, 0.15) is 11.4 Å². The van der Waals surface area contributed by atoms with Crippen molar-refractivity contribution in [1.82, 2.24) is 0 Å². The first-order valence-corrected chi connectivity index (χ1v) is 9.05. The van der Waals surface area contributed by atoms with Gasteiger partial charge < -0.3 is 20.5 Å². The number of benzene rings is 2. The zero-order valence-corrected chi connectivity index (χ0v) is 19.5. The number of guanidine groups is 1. The smallest absolute Gasteiger partial charge is 0.412 e. The first kappa shape index (κ1) is 24.5. The molecule has 29 heavy (non-hydrogen) atoms. The van der Waals surface area contributed by atoms with Gasteiger partial charge in [-0.1, -0.05) is 12.1 Å². The van der Waals surface area contributed by atoms with Crippen molar-refractivity contribution in [3.8, 4) is 5.75 Å². The molecule has 0 saturated carbocycles. The molecule has 8 heteroatoms. The normalized spacial score (nSPS) is 11.2. The molecule has 0 aliphatic rings. The van der Waals surface area contributed by atoms with Crippen LogP contribution in [0.4, 0.5) is 16.2 Å². The van der Waals surface area contributed by atoms with Gasteiger partial charge in [-0.25, -0.2) is 4.79 Å². The zero-order valence-electron chi connectivity index (χ0n) is 17.2. The minimum Gasteiger partial charge on any atom is -0.497 e. The molecule has 0 aliphatic heterocycles. The Bertz CT molecular complexity index is 800. The highest BCUT2D eigenvalue weighted by molar-refractivity contribution is 14.0. The van der Waals surface area contributed by atoms with Crippen LogP contribution in [0.5, 0.6) is 5.75 Å². The molecule has 1 amide bonds. The van der Waals surface area contributed by atoms with Crippen molar-refractivity contribution in [1.29, 1.82) is 0 Å². The van der Waals surface area contributed by atoms with Gasteiger partial charge in [0.25, 0.3) is 0 Å². The quantitative estimate of drug-likeness (QED) is 0.298. The Balaban J connectivity index is 0.00000420. The molecule has 2 aromatic carbocycles. The fourth-order valence-corrected chi connectivity index (χ4v) is 2.34. The van der Waals surface area contributed by atoms with E-state index in [0.717, 1.165) is 23.4 Å². The van der Waals surface area contributed by atoms with Crippen molar-refractivity contribution >= 4 is 47.4 Å². The summed E-state index contributed by atoms with van der Waals surface area (Å²) >= 11 is 0. The third-order valence-electron chi connectivity index (χ3n) is 3.64. The Morgan fingerprint density at radius 1 is 1.00 bits per heavy atom. The van der Waals surface area contributed by atoms with E-state index in [0.29, 0.717) is 18.2 Å². The van der Waals surface area contributed by atoms with Gasteiger partial charge in [-0.2, -0.15) is 0 Å². The van der Waals surface area contributed by atoms with E-state index in [1.54, 1.807) is 7.11 Å². The summed E-state index contributed by atoms with van der Waals surface area (Å²) in [5.74, 6) is 1.14. The predicted octanol–water partition coefficient (Wildman–Crippen LogP) is 4.63. The number of amides is 1. The SMILES string of the molecule is COc1ccc(NC(N)=NCCc2ccc(NC(=O)OC(C)(C)C)cc2)cc1.I. The Labute approximate surface area is 189 Å². The van der Waals surface area contributed by atoms with Gasteiger partial charge in [0.05, 0.1) is 7.11 Å². The van der Waals surface area contributed by atoms with Gasteiger partial charge >= 0.3 is 6.09 Å². The predicted molar refractivity (Wildman–Crippen MR) is 129 cm³/mol. The summed E-state index contributed by atoms with van der Waals surface area (Å²) in [6, 6.07) is 15.0. The highest BCUT2D eigenvalue weighted by Crippen LogP contribution is 2.15. The molecule has 0 aromatic heterocycles. The van der Waals surface area contributed by atoms with Crippen LogP contribution >= 0.6 is 24.0 Å². The van der Waals surface area contributed by atoms with Crippen molar-refractivity contribution in [2.45, 2.75) is 32.8 Å². The van der Waals surface area contributed by atoms with Crippen LogP contribution in [-0.2, 0) is 11.2 Å². The van der Waals surface area contributed by atoms with Gasteiger partial charge in [-0.05, 0) is 69.2 Å². The topological polar surface area (TPSA) is 98.0 Å². The number of methoxy groups -OCH3 is 1. The third-order valence-corrected chi connectivity index (χ3v) is 3.64. The highest BCUT2D eigenvalue weighted by atomic mass is 127. The van der Waals surface area contributed by atoms with E-state index in [1.165, 1.54) is 0 Å². The number of anilines is 2. The number of nitrogens with zero attached hydrogens (tertiary/aromatic N) is 1. The van der Waals surface area contributed by atoms with Gasteiger partial charge in [0.15, 0.2) is 5.96 Å². The number of nitrogens with two attached hydrogens (primary N) is 1. The average Bonchev–Trinajstić information content (AvgIpc) is 2.62. The summed E-state index contributed by atoms with van der Waals surface area (Å²) in [6.07, 6.45) is 0.264. The van der Waals surface area contributed by atoms with Gasteiger partial charge in [-0.3, -0.25) is 10.3 Å². The number of carbonyl (C=O) groups is 1. The van der Waals surface area contributed by atoms with Crippen molar-refractivity contribution in [3.63, 3.8) is 0 Å². The molecule has 0 atom stereocenters. The second-order valence-electron chi connectivity index (χ2n) is 7.19. The van der Waals surface area contributed by atoms with Gasteiger partial charge in [0, 0.05) is 17.9 Å². The first-order valence-electron chi connectivity index (χ1n) is 9.05. The van der Waals surface area contributed by atoms with E-state index in [-0.39, 0.29) is 24.0 Å². The lowest BCUT2D eigenvalue weighted by Gasteiger charge is -2.19. The number of halogens is 1. The summed E-state index contributed by atoms with van der Waals surface area (Å²) in [4.78, 5) is 16.1. The Morgan fingerprint density at radius 2 is 1.55 bits per heavy atom. The van der Waals surface area contributed by atoms with Crippen LogP contribution in [0.3, 0.4) is 0 Å². The van der Waals surface area contributed by atoms with Crippen molar-refractivity contribution in [2.75, 3.05) is 24.3 Å². The fourth-order valence-electron chi connectivity index (χ4n) is 2.34. The van der Waals surface area contributed by atoms with E-state index in [1.807, 2.05) is 69.3 Å². The van der Waals surface area contributed by atoms with E-state index in [4.69, 9.17) is 15.2 Å². The average molecular weight is 512 g/mol. The second kappa shape index (κ2) is 11.5. The molecule has 4 N–H and O–H groups in total. The maximum absolute atomic E-state index is 11.8. The van der Waals surface area contributed by atoms with Crippen LogP contribution in [0.15, 0.2) is 53.5 Å². The summed E-state index contributed by atoms with van der Waals surface area (Å²) < 4.78 is 10.3. The maximum Gasteiger partial charge on any atom is 0.412 e. The van der Waals surface area contributed by atoms with Crippen molar-refractivity contribution < 1.29 is 14.3 Å². The number of hydrogen-bond acceptors (Lipinski definition) is 4. The van der Waals surface area contributed by atoms with Gasteiger partial charge in [0.2, 0.25) is 0 Å². The number of aliphatic imine (C=N–C) groups is 1. The molecule has 0 heterocycles. The largest absolute Gasteiger partial charge is 0.497 e. The zero-order chi connectivity index (χ0) is 20.6. The molecule has 158 valence electrons. The molecular formula is C21H29IN4O3. The van der Waals surface area contributed by atoms with E-state index in [9.17, 15) is 4.79 Å². The minimum atomic E-state index is -0.526. The molecule has 2 aromatic rings. The number of ether oxygens (including phenoxy) is 2. The molecule has 2 rings (SSSR count). The maximum atomic E-state index is 11.8. The first-order chi connectivity index (χ1) is 13.2. The lowest BCUT2D eigenvalue weighted by atomic mass is 10.1. The van der Waals surface area contributed by atoms with Crippen LogP contribution in [0, 0.1) is 0 Å². The molecule has 0 unspecified atom stereocenters. The van der Waals surface area contributed by atoms with E-state index < -0.39 is 11.7 Å². The molecule has 0 saturated heterocycles. The molecule has 0 bridgehead atoms. The van der Waals surface area contributed by atoms with Crippen LogP contribution in [0.1, 0.15) is 26.3 Å². The van der Waals surface area contributed by atoms with Gasteiger partial charge in [-0.15, -0.1) is 24.0 Å². The van der Waals surface area contributed by atoms with E-state index >= 15 is 0 Å². The Hall–Kier alpha value is -2.49. The molecule has 0 fully saturated rings. The van der Waals surface area contributed by atoms with E-state index in [2.05, 4.69) is 15.6 Å². The van der Waals surface area contributed by atoms with Crippen molar-refractivity contribution in [3.05, 3.63) is 54.1 Å². The monoisotopic (exact) mass is 512 g/mol. The summed E-state index contributed by atoms with van der Waals surface area (Å²) in [5.41, 5.74) is 8.01. The lowest BCUT2D eigenvalue weighted by Crippen LogP contribution is -2.27. The Kier molecular flexibility index (Phi) is 9.73. The number of nitrogens with one attached hydrogen (secondary N) is 2. The molecule has 0 spiro atoms. The lowest BCUT2D eigenvalue weighted by molar-refractivity contribution is 0.0636. The molecular weight excluding hydrogens is 483 g/mol. The molecule has 7 nitrogen and oxygen atoms in total. The Morgan fingerprint density at radius 3 is 2.10 bits per heavy atom. The van der Waals surface area contributed by atoms with Crippen molar-refractivity contribution in [2.24, 2.45) is 10.7 Å². The number of carbonyl (C=O) groups excluding carboxylic acids is 1.